The number of nitrogens with zero attached hydrogens (tertiary/aromatic N) is 1. The Kier molecular flexibility index (Phi) is 7.50. The number of rotatable bonds is 7. The van der Waals surface area contributed by atoms with E-state index in [1.165, 1.54) is 36.0 Å². The lowest BCUT2D eigenvalue weighted by Crippen LogP contribution is -2.29. The number of benzene rings is 2. The zero-order chi connectivity index (χ0) is 25.8. The van der Waals surface area contributed by atoms with Crippen LogP contribution in [0.3, 0.4) is 0 Å². The molecule has 36 heavy (non-hydrogen) atoms. The number of phenolic OH excluding ortho intramolecular Hbond substituents is 1. The fourth-order valence-electron chi connectivity index (χ4n) is 3.50. The number of carbonyl (C=O) groups is 2. The Labute approximate surface area is 212 Å². The van der Waals surface area contributed by atoms with E-state index in [1.54, 1.807) is 6.07 Å². The minimum absolute atomic E-state index is 0.0255. The predicted molar refractivity (Wildman–Crippen MR) is 138 cm³/mol. The van der Waals surface area contributed by atoms with Gasteiger partial charge in [-0.2, -0.15) is 0 Å². The molecule has 186 valence electrons. The molecule has 13 heteroatoms. The van der Waals surface area contributed by atoms with Gasteiger partial charge in [0, 0.05) is 17.0 Å². The van der Waals surface area contributed by atoms with Crippen molar-refractivity contribution in [2.45, 2.75) is 22.6 Å². The highest BCUT2D eigenvalue weighted by Crippen LogP contribution is 2.32. The van der Waals surface area contributed by atoms with Gasteiger partial charge in [0.15, 0.2) is 5.17 Å². The first-order chi connectivity index (χ1) is 17.2. The molecule has 1 aliphatic heterocycles. The number of H-pyrrole nitrogens is 2. The van der Waals surface area contributed by atoms with E-state index in [9.17, 15) is 29.4 Å². The van der Waals surface area contributed by atoms with E-state index in [1.807, 2.05) is 29.4 Å². The van der Waals surface area contributed by atoms with E-state index >= 15 is 0 Å². The SMILES string of the molecule is CSc1cccc(NC(=O)CC2SC(=NC(c3ccc(O)cc3)c3c(O)[nH]c(=O)[nH]c3=O)NC2=O)c1. The molecule has 1 fully saturated rings. The van der Waals surface area contributed by atoms with E-state index in [2.05, 4.69) is 20.6 Å². The topological polar surface area (TPSA) is 177 Å². The molecular weight excluding hydrogens is 506 g/mol. The van der Waals surface area contributed by atoms with Gasteiger partial charge in [-0.3, -0.25) is 24.4 Å². The van der Waals surface area contributed by atoms with Crippen molar-refractivity contribution in [1.29, 1.82) is 0 Å². The summed E-state index contributed by atoms with van der Waals surface area (Å²) in [4.78, 5) is 58.7. The maximum absolute atomic E-state index is 12.6. The molecule has 1 aliphatic rings. The molecular formula is C23H21N5O6S2. The van der Waals surface area contributed by atoms with Crippen LogP contribution in [-0.4, -0.2) is 48.7 Å². The first kappa shape index (κ1) is 25.1. The van der Waals surface area contributed by atoms with Crippen molar-refractivity contribution in [1.82, 2.24) is 15.3 Å². The lowest BCUT2D eigenvalue weighted by Gasteiger charge is -2.14. The summed E-state index contributed by atoms with van der Waals surface area (Å²) in [6.45, 7) is 0. The van der Waals surface area contributed by atoms with Gasteiger partial charge in [0.25, 0.3) is 5.56 Å². The van der Waals surface area contributed by atoms with E-state index in [0.29, 0.717) is 11.3 Å². The number of anilines is 1. The maximum atomic E-state index is 12.6. The number of amidine groups is 1. The molecule has 3 aromatic rings. The van der Waals surface area contributed by atoms with E-state index in [0.717, 1.165) is 16.7 Å². The summed E-state index contributed by atoms with van der Waals surface area (Å²) in [5.41, 5.74) is -0.993. The van der Waals surface area contributed by atoms with Crippen LogP contribution in [0.25, 0.3) is 0 Å². The van der Waals surface area contributed by atoms with Crippen LogP contribution in [0.4, 0.5) is 5.69 Å². The number of amides is 2. The number of aromatic nitrogens is 2. The number of hydrogen-bond acceptors (Lipinski definition) is 9. The molecule has 4 rings (SSSR count). The lowest BCUT2D eigenvalue weighted by atomic mass is 10.0. The Morgan fingerprint density at radius 1 is 1.14 bits per heavy atom. The second kappa shape index (κ2) is 10.7. The molecule has 11 nitrogen and oxygen atoms in total. The maximum Gasteiger partial charge on any atom is 0.328 e. The number of aromatic hydroxyl groups is 2. The third-order valence-electron chi connectivity index (χ3n) is 5.19. The molecule has 0 aliphatic carbocycles. The Bertz CT molecular complexity index is 1450. The molecule has 0 bridgehead atoms. The lowest BCUT2D eigenvalue weighted by molar-refractivity contribution is -0.122. The van der Waals surface area contributed by atoms with Crippen molar-refractivity contribution < 1.29 is 19.8 Å². The molecule has 2 amide bonds. The van der Waals surface area contributed by atoms with Crippen molar-refractivity contribution in [2.24, 2.45) is 4.99 Å². The molecule has 2 atom stereocenters. The third-order valence-corrected chi connectivity index (χ3v) is 7.01. The fourth-order valence-corrected chi connectivity index (χ4v) is 4.95. The fraction of sp³-hybridized carbons (Fsp3) is 0.174. The zero-order valence-electron chi connectivity index (χ0n) is 18.8. The molecule has 0 spiro atoms. The van der Waals surface area contributed by atoms with Gasteiger partial charge in [-0.15, -0.1) is 11.8 Å². The van der Waals surface area contributed by atoms with Gasteiger partial charge in [-0.25, -0.2) is 9.79 Å². The highest BCUT2D eigenvalue weighted by atomic mass is 32.2. The number of phenols is 1. The molecule has 0 saturated carbocycles. The predicted octanol–water partition coefficient (Wildman–Crippen LogP) is 1.90. The van der Waals surface area contributed by atoms with Crippen LogP contribution in [0.1, 0.15) is 23.6 Å². The highest BCUT2D eigenvalue weighted by molar-refractivity contribution is 8.15. The first-order valence-electron chi connectivity index (χ1n) is 10.6. The van der Waals surface area contributed by atoms with E-state index in [4.69, 9.17) is 0 Å². The second-order valence-corrected chi connectivity index (χ2v) is 9.75. The van der Waals surface area contributed by atoms with Crippen molar-refractivity contribution in [2.75, 3.05) is 11.6 Å². The molecule has 2 unspecified atom stereocenters. The van der Waals surface area contributed by atoms with E-state index < -0.39 is 34.3 Å². The van der Waals surface area contributed by atoms with Gasteiger partial charge in [0.1, 0.15) is 22.6 Å². The van der Waals surface area contributed by atoms with Crippen LogP contribution < -0.4 is 21.9 Å². The second-order valence-electron chi connectivity index (χ2n) is 7.68. The van der Waals surface area contributed by atoms with Crippen LogP contribution in [0.2, 0.25) is 0 Å². The standard InChI is InChI=1S/C23H21N5O6S2/c1-35-14-4-2-3-12(9-14)24-16(30)10-15-19(31)28-23(36-15)25-18(11-5-7-13(29)8-6-11)17-20(32)26-22(34)27-21(17)33/h2-9,15,18,29H,10H2,1H3,(H,24,30)(H,25,28,31)(H3,26,27,32,33,34). The Hall–Kier alpha value is -3.97. The van der Waals surface area contributed by atoms with Crippen LogP contribution in [0, 0.1) is 0 Å². The number of aliphatic imine (C=N–C) groups is 1. The van der Waals surface area contributed by atoms with Gasteiger partial charge in [0.05, 0.1) is 0 Å². The number of nitrogens with one attached hydrogen (secondary N) is 4. The summed E-state index contributed by atoms with van der Waals surface area (Å²) in [7, 11) is 0. The number of carbonyl (C=O) groups excluding carboxylic acids is 2. The molecule has 1 aromatic heterocycles. The third kappa shape index (κ3) is 5.80. The molecule has 2 aromatic carbocycles. The van der Waals surface area contributed by atoms with Gasteiger partial charge in [0.2, 0.25) is 17.7 Å². The average molecular weight is 528 g/mol. The van der Waals surface area contributed by atoms with E-state index in [-0.39, 0.29) is 28.8 Å². The van der Waals surface area contributed by atoms with Crippen molar-refractivity contribution >= 4 is 46.2 Å². The first-order valence-corrected chi connectivity index (χ1v) is 12.7. The Morgan fingerprint density at radius 3 is 2.58 bits per heavy atom. The highest BCUT2D eigenvalue weighted by Gasteiger charge is 2.33. The monoisotopic (exact) mass is 527 g/mol. The van der Waals surface area contributed by atoms with Crippen molar-refractivity contribution in [3.63, 3.8) is 0 Å². The number of aromatic amines is 2. The number of hydrogen-bond donors (Lipinski definition) is 6. The molecule has 6 N–H and O–H groups in total. The van der Waals surface area contributed by atoms with Crippen molar-refractivity contribution in [3.05, 3.63) is 80.5 Å². The van der Waals surface area contributed by atoms with Gasteiger partial charge < -0.3 is 20.8 Å². The minimum Gasteiger partial charge on any atom is -0.508 e. The van der Waals surface area contributed by atoms with Crippen LogP contribution in [0.15, 0.2) is 68.0 Å². The van der Waals surface area contributed by atoms with Crippen molar-refractivity contribution in [3.8, 4) is 11.6 Å². The quantitative estimate of drug-likeness (QED) is 0.252. The summed E-state index contributed by atoms with van der Waals surface area (Å²) in [5, 5.41) is 24.7. The van der Waals surface area contributed by atoms with Gasteiger partial charge in [-0.05, 0) is 42.2 Å². The largest absolute Gasteiger partial charge is 0.508 e. The summed E-state index contributed by atoms with van der Waals surface area (Å²) < 4.78 is 0. The normalized spacial score (nSPS) is 17.1. The molecule has 2 heterocycles. The summed E-state index contributed by atoms with van der Waals surface area (Å²) in [5.74, 6) is -1.49. The molecule has 0 radical (unpaired) electrons. The average Bonchev–Trinajstić information content (AvgIpc) is 3.16. The van der Waals surface area contributed by atoms with Crippen LogP contribution in [-0.2, 0) is 9.59 Å². The van der Waals surface area contributed by atoms with Gasteiger partial charge in [-0.1, -0.05) is 30.0 Å². The van der Waals surface area contributed by atoms with Crippen LogP contribution in [0.5, 0.6) is 11.6 Å². The Balaban J connectivity index is 1.57. The minimum atomic E-state index is -1.13. The number of thioether (sulfide) groups is 2. The smallest absolute Gasteiger partial charge is 0.328 e. The summed E-state index contributed by atoms with van der Waals surface area (Å²) in [6.07, 6.45) is 1.81. The molecule has 1 saturated heterocycles. The zero-order valence-corrected chi connectivity index (χ0v) is 20.4. The van der Waals surface area contributed by atoms with Crippen LogP contribution >= 0.6 is 23.5 Å². The van der Waals surface area contributed by atoms with Gasteiger partial charge >= 0.3 is 5.69 Å². The summed E-state index contributed by atoms with van der Waals surface area (Å²) >= 11 is 2.55. The summed E-state index contributed by atoms with van der Waals surface area (Å²) in [6, 6.07) is 11.9. The Morgan fingerprint density at radius 2 is 1.89 bits per heavy atom.